The van der Waals surface area contributed by atoms with E-state index in [-0.39, 0.29) is 11.1 Å². The SMILES string of the molecule is C=C/C(=C(/N)C(=C)F)C(C)(C)C. The Morgan fingerprint density at radius 1 is 1.42 bits per heavy atom. The van der Waals surface area contributed by atoms with E-state index in [0.29, 0.717) is 5.57 Å². The summed E-state index contributed by atoms with van der Waals surface area (Å²) in [5.74, 6) is -0.597. The van der Waals surface area contributed by atoms with Gasteiger partial charge in [0.25, 0.3) is 0 Å². The first kappa shape index (κ1) is 11.0. The Hall–Kier alpha value is -1.05. The van der Waals surface area contributed by atoms with Gasteiger partial charge < -0.3 is 5.73 Å². The fraction of sp³-hybridized carbons (Fsp3) is 0.400. The van der Waals surface area contributed by atoms with Crippen molar-refractivity contribution in [2.45, 2.75) is 20.8 Å². The number of allylic oxidation sites excluding steroid dienone is 3. The van der Waals surface area contributed by atoms with Crippen LogP contribution in [0, 0.1) is 5.41 Å². The van der Waals surface area contributed by atoms with Crippen LogP contribution in [0.5, 0.6) is 0 Å². The van der Waals surface area contributed by atoms with Gasteiger partial charge in [-0.25, -0.2) is 4.39 Å². The molecule has 0 saturated carbocycles. The molecular formula is C10H16FN. The van der Waals surface area contributed by atoms with E-state index in [0.717, 1.165) is 0 Å². The monoisotopic (exact) mass is 169 g/mol. The molecule has 0 saturated heterocycles. The number of nitrogens with two attached hydrogens (primary N) is 1. The van der Waals surface area contributed by atoms with Crippen LogP contribution in [-0.4, -0.2) is 0 Å². The van der Waals surface area contributed by atoms with Crippen molar-refractivity contribution in [1.29, 1.82) is 0 Å². The van der Waals surface area contributed by atoms with Gasteiger partial charge in [-0.1, -0.05) is 40.0 Å². The lowest BCUT2D eigenvalue weighted by atomic mass is 9.85. The van der Waals surface area contributed by atoms with E-state index in [1.807, 2.05) is 20.8 Å². The van der Waals surface area contributed by atoms with Crippen LogP contribution in [0.1, 0.15) is 20.8 Å². The van der Waals surface area contributed by atoms with Crippen LogP contribution in [-0.2, 0) is 0 Å². The summed E-state index contributed by atoms with van der Waals surface area (Å²) in [7, 11) is 0. The summed E-state index contributed by atoms with van der Waals surface area (Å²) in [6.45, 7) is 12.6. The molecule has 0 aliphatic rings. The standard InChI is InChI=1S/C10H16FN/c1-6-8(10(3,4)5)9(12)7(2)11/h6H,1-2,12H2,3-5H3/b9-8-. The maximum atomic E-state index is 12.6. The molecule has 0 aliphatic heterocycles. The lowest BCUT2D eigenvalue weighted by Gasteiger charge is -2.21. The summed E-state index contributed by atoms with van der Waals surface area (Å²) < 4.78 is 12.6. The second-order valence-corrected chi connectivity index (χ2v) is 3.69. The second kappa shape index (κ2) is 3.57. The molecule has 0 aliphatic carbocycles. The second-order valence-electron chi connectivity index (χ2n) is 3.69. The first-order chi connectivity index (χ1) is 5.30. The van der Waals surface area contributed by atoms with Crippen LogP contribution in [0.25, 0.3) is 0 Å². The van der Waals surface area contributed by atoms with E-state index in [4.69, 9.17) is 5.73 Å². The molecule has 0 atom stereocenters. The topological polar surface area (TPSA) is 26.0 Å². The van der Waals surface area contributed by atoms with Gasteiger partial charge in [-0.3, -0.25) is 0 Å². The Morgan fingerprint density at radius 3 is 1.92 bits per heavy atom. The van der Waals surface area contributed by atoms with Crippen LogP contribution in [0.15, 0.2) is 36.3 Å². The van der Waals surface area contributed by atoms with Crippen LogP contribution >= 0.6 is 0 Å². The summed E-state index contributed by atoms with van der Waals surface area (Å²) in [5.41, 5.74) is 6.08. The smallest absolute Gasteiger partial charge is 0.139 e. The Morgan fingerprint density at radius 2 is 1.83 bits per heavy atom. The largest absolute Gasteiger partial charge is 0.396 e. The zero-order valence-corrected chi connectivity index (χ0v) is 7.95. The van der Waals surface area contributed by atoms with Crippen molar-refractivity contribution in [2.75, 3.05) is 0 Å². The van der Waals surface area contributed by atoms with E-state index in [1.165, 1.54) is 0 Å². The highest BCUT2D eigenvalue weighted by Gasteiger charge is 2.18. The Balaban J connectivity index is 5.14. The van der Waals surface area contributed by atoms with Gasteiger partial charge in [0.2, 0.25) is 0 Å². The third-order valence-corrected chi connectivity index (χ3v) is 1.59. The molecule has 0 aromatic heterocycles. The third kappa shape index (κ3) is 2.53. The van der Waals surface area contributed by atoms with Gasteiger partial charge in [-0.2, -0.15) is 0 Å². The van der Waals surface area contributed by atoms with Gasteiger partial charge in [-0.05, 0) is 11.0 Å². The molecule has 0 radical (unpaired) electrons. The Bertz CT molecular complexity index is 231. The summed E-state index contributed by atoms with van der Waals surface area (Å²) in [4.78, 5) is 0. The molecule has 0 aromatic rings. The van der Waals surface area contributed by atoms with Gasteiger partial charge in [0.15, 0.2) is 0 Å². The molecule has 68 valence electrons. The predicted molar refractivity (Wildman–Crippen MR) is 51.1 cm³/mol. The van der Waals surface area contributed by atoms with Crippen LogP contribution < -0.4 is 5.73 Å². The Kier molecular flexibility index (Phi) is 3.25. The minimum atomic E-state index is -0.597. The molecule has 0 rings (SSSR count). The fourth-order valence-electron chi connectivity index (χ4n) is 0.966. The quantitative estimate of drug-likeness (QED) is 0.632. The van der Waals surface area contributed by atoms with Gasteiger partial charge in [0.05, 0.1) is 5.70 Å². The van der Waals surface area contributed by atoms with Crippen LogP contribution in [0.3, 0.4) is 0 Å². The first-order valence-corrected chi connectivity index (χ1v) is 3.78. The maximum absolute atomic E-state index is 12.6. The van der Waals surface area contributed by atoms with Crippen molar-refractivity contribution in [3.05, 3.63) is 36.3 Å². The third-order valence-electron chi connectivity index (χ3n) is 1.59. The van der Waals surface area contributed by atoms with Crippen molar-refractivity contribution in [3.8, 4) is 0 Å². The van der Waals surface area contributed by atoms with E-state index in [2.05, 4.69) is 13.2 Å². The highest BCUT2D eigenvalue weighted by atomic mass is 19.1. The van der Waals surface area contributed by atoms with Crippen molar-refractivity contribution in [2.24, 2.45) is 11.1 Å². The molecule has 2 heteroatoms. The maximum Gasteiger partial charge on any atom is 0.139 e. The van der Waals surface area contributed by atoms with Gasteiger partial charge in [0.1, 0.15) is 5.83 Å². The summed E-state index contributed by atoms with van der Waals surface area (Å²) >= 11 is 0. The molecule has 0 aromatic carbocycles. The van der Waals surface area contributed by atoms with Crippen molar-refractivity contribution in [1.82, 2.24) is 0 Å². The Labute approximate surface area is 73.5 Å². The zero-order valence-electron chi connectivity index (χ0n) is 7.95. The normalized spacial score (nSPS) is 13.7. The lowest BCUT2D eigenvalue weighted by molar-refractivity contribution is 0.506. The lowest BCUT2D eigenvalue weighted by Crippen LogP contribution is -2.14. The molecule has 0 fully saturated rings. The highest BCUT2D eigenvalue weighted by Crippen LogP contribution is 2.29. The molecule has 0 spiro atoms. The zero-order chi connectivity index (χ0) is 9.94. The van der Waals surface area contributed by atoms with Crippen molar-refractivity contribution >= 4 is 0 Å². The summed E-state index contributed by atoms with van der Waals surface area (Å²) in [6.07, 6.45) is 1.57. The minimum Gasteiger partial charge on any atom is -0.396 e. The summed E-state index contributed by atoms with van der Waals surface area (Å²) in [6, 6.07) is 0. The highest BCUT2D eigenvalue weighted by molar-refractivity contribution is 5.35. The first-order valence-electron chi connectivity index (χ1n) is 3.78. The molecule has 1 nitrogen and oxygen atoms in total. The number of hydrogen-bond acceptors (Lipinski definition) is 1. The molecule has 0 heterocycles. The van der Waals surface area contributed by atoms with Gasteiger partial charge in [0, 0.05) is 0 Å². The van der Waals surface area contributed by atoms with Crippen LogP contribution in [0.2, 0.25) is 0 Å². The van der Waals surface area contributed by atoms with Crippen LogP contribution in [0.4, 0.5) is 4.39 Å². The number of rotatable bonds is 2. The van der Waals surface area contributed by atoms with Crippen molar-refractivity contribution < 1.29 is 4.39 Å². The number of halogens is 1. The molecule has 12 heavy (non-hydrogen) atoms. The average Bonchev–Trinajstić information content (AvgIpc) is 1.85. The molecule has 0 amide bonds. The predicted octanol–water partition coefficient (Wildman–Crippen LogP) is 2.91. The molecule has 0 unspecified atom stereocenters. The minimum absolute atomic E-state index is 0.0949. The van der Waals surface area contributed by atoms with E-state index >= 15 is 0 Å². The van der Waals surface area contributed by atoms with Gasteiger partial charge in [-0.15, -0.1) is 0 Å². The van der Waals surface area contributed by atoms with Gasteiger partial charge >= 0.3 is 0 Å². The van der Waals surface area contributed by atoms with E-state index in [9.17, 15) is 4.39 Å². The van der Waals surface area contributed by atoms with Crippen molar-refractivity contribution in [3.63, 3.8) is 0 Å². The molecule has 2 N–H and O–H groups in total. The van der Waals surface area contributed by atoms with E-state index in [1.54, 1.807) is 6.08 Å². The molecular weight excluding hydrogens is 153 g/mol. The molecule has 0 bridgehead atoms. The fourth-order valence-corrected chi connectivity index (χ4v) is 0.966. The van der Waals surface area contributed by atoms with E-state index < -0.39 is 5.83 Å². The average molecular weight is 169 g/mol. The summed E-state index contributed by atoms with van der Waals surface area (Å²) in [5, 5.41) is 0. The number of hydrogen-bond donors (Lipinski definition) is 1.